The zero-order chi connectivity index (χ0) is 13.0. The monoisotopic (exact) mass is 247 g/mol. The maximum Gasteiger partial charge on any atom is 0.332 e. The van der Waals surface area contributed by atoms with Crippen LogP contribution in [0.15, 0.2) is 5.11 Å². The van der Waals surface area contributed by atoms with Crippen LogP contribution in [0.25, 0.3) is 10.4 Å². The summed E-state index contributed by atoms with van der Waals surface area (Å²) in [6.07, 6.45) is -6.98. The van der Waals surface area contributed by atoms with Gasteiger partial charge in [-0.05, 0) is 5.53 Å². The highest BCUT2D eigenvalue weighted by molar-refractivity contribution is 5.72. The van der Waals surface area contributed by atoms with Gasteiger partial charge < -0.3 is 25.2 Å². The summed E-state index contributed by atoms with van der Waals surface area (Å²) in [7, 11) is 0. The van der Waals surface area contributed by atoms with Crippen LogP contribution in [0, 0.1) is 0 Å². The van der Waals surface area contributed by atoms with Gasteiger partial charge in [0.2, 0.25) is 0 Å². The average molecular weight is 247 g/mol. The fourth-order valence-corrected chi connectivity index (χ4v) is 1.60. The number of aliphatic carboxylic acids is 1. The first-order valence-corrected chi connectivity index (χ1v) is 4.90. The first kappa shape index (κ1) is 13.7. The fraction of sp³-hybridized carbons (Fsp3) is 0.875. The van der Waals surface area contributed by atoms with E-state index >= 15 is 0 Å². The minimum absolute atomic E-state index is 0.263. The maximum atomic E-state index is 10.7. The van der Waals surface area contributed by atoms with E-state index in [0.29, 0.717) is 0 Å². The van der Waals surface area contributed by atoms with Crippen molar-refractivity contribution in [2.75, 3.05) is 6.54 Å². The molecule has 0 aromatic heterocycles. The molecule has 96 valence electrons. The molecule has 0 aromatic rings. The summed E-state index contributed by atoms with van der Waals surface area (Å²) >= 11 is 0. The number of hydrogen-bond acceptors (Lipinski definition) is 6. The number of aliphatic hydroxyl groups is 3. The lowest BCUT2D eigenvalue weighted by Gasteiger charge is -2.37. The van der Waals surface area contributed by atoms with E-state index < -0.39 is 36.5 Å². The summed E-state index contributed by atoms with van der Waals surface area (Å²) in [5.74, 6) is -1.29. The Morgan fingerprint density at radius 2 is 2.24 bits per heavy atom. The molecule has 1 heterocycles. The maximum absolute atomic E-state index is 10.7. The van der Waals surface area contributed by atoms with Gasteiger partial charge in [-0.2, -0.15) is 0 Å². The molecule has 0 bridgehead atoms. The second-order valence-corrected chi connectivity index (χ2v) is 3.70. The van der Waals surface area contributed by atoms with Gasteiger partial charge in [-0.1, -0.05) is 5.11 Å². The van der Waals surface area contributed by atoms with Crippen molar-refractivity contribution in [1.82, 2.24) is 0 Å². The van der Waals surface area contributed by atoms with Crippen molar-refractivity contribution in [3.05, 3.63) is 10.4 Å². The van der Waals surface area contributed by atoms with Crippen molar-refractivity contribution in [2.45, 2.75) is 36.9 Å². The van der Waals surface area contributed by atoms with E-state index in [9.17, 15) is 20.1 Å². The lowest BCUT2D eigenvalue weighted by Crippen LogP contribution is -2.55. The molecule has 9 heteroatoms. The summed E-state index contributed by atoms with van der Waals surface area (Å²) in [5.41, 5.74) is 8.07. The summed E-state index contributed by atoms with van der Waals surface area (Å²) < 4.78 is 4.95. The number of azide groups is 1. The Morgan fingerprint density at radius 1 is 1.59 bits per heavy atom. The van der Waals surface area contributed by atoms with Crippen LogP contribution in [0.5, 0.6) is 0 Å². The van der Waals surface area contributed by atoms with Gasteiger partial charge in [0.15, 0.2) is 6.10 Å². The van der Waals surface area contributed by atoms with Crippen LogP contribution in [0.3, 0.4) is 0 Å². The lowest BCUT2D eigenvalue weighted by atomic mass is 9.94. The van der Waals surface area contributed by atoms with Crippen LogP contribution in [0.2, 0.25) is 0 Å². The molecule has 4 N–H and O–H groups in total. The number of rotatable bonds is 4. The minimum Gasteiger partial charge on any atom is -0.479 e. The SMILES string of the molecule is [N-]=[N+]=NC[C@@H](O)C1O[C@@H](C(=O)O)C[C@@H](O)[C@H]1O. The summed E-state index contributed by atoms with van der Waals surface area (Å²) in [4.78, 5) is 13.1. The second-order valence-electron chi connectivity index (χ2n) is 3.70. The average Bonchev–Trinajstić information content (AvgIpc) is 2.29. The van der Waals surface area contributed by atoms with Gasteiger partial charge in [-0.3, -0.25) is 0 Å². The van der Waals surface area contributed by atoms with Crippen molar-refractivity contribution in [2.24, 2.45) is 5.11 Å². The standard InChI is InChI=1S/C8H13N3O6/c9-11-10-2-4(13)7-6(14)3(12)1-5(17-7)8(15)16/h3-7,12-14H,1-2H2,(H,15,16)/t3-,4-,5-,6-,7?/m1/s1. The van der Waals surface area contributed by atoms with Gasteiger partial charge in [-0.15, -0.1) is 0 Å². The van der Waals surface area contributed by atoms with Gasteiger partial charge >= 0.3 is 5.97 Å². The third kappa shape index (κ3) is 3.29. The highest BCUT2D eigenvalue weighted by Crippen LogP contribution is 2.23. The van der Waals surface area contributed by atoms with E-state index in [0.717, 1.165) is 0 Å². The quantitative estimate of drug-likeness (QED) is 0.272. The lowest BCUT2D eigenvalue weighted by molar-refractivity contribution is -0.207. The molecule has 9 nitrogen and oxygen atoms in total. The Kier molecular flexibility index (Phi) is 4.67. The summed E-state index contributed by atoms with van der Waals surface area (Å²) in [6.45, 7) is -0.378. The molecule has 1 fully saturated rings. The van der Waals surface area contributed by atoms with Gasteiger partial charge in [0.05, 0.1) is 18.8 Å². The molecule has 17 heavy (non-hydrogen) atoms. The zero-order valence-electron chi connectivity index (χ0n) is 8.75. The van der Waals surface area contributed by atoms with Crippen LogP contribution in [0.1, 0.15) is 6.42 Å². The third-order valence-electron chi connectivity index (χ3n) is 2.49. The molecule has 1 rings (SSSR count). The van der Waals surface area contributed by atoms with Crippen molar-refractivity contribution >= 4 is 5.97 Å². The van der Waals surface area contributed by atoms with Gasteiger partial charge in [0.25, 0.3) is 0 Å². The number of aliphatic hydroxyl groups excluding tert-OH is 3. The van der Waals surface area contributed by atoms with Crippen LogP contribution in [-0.4, -0.2) is 63.5 Å². The molecule has 0 radical (unpaired) electrons. The first-order chi connectivity index (χ1) is 7.97. The molecule has 0 aromatic carbocycles. The smallest absolute Gasteiger partial charge is 0.332 e. The zero-order valence-corrected chi connectivity index (χ0v) is 8.75. The molecule has 1 saturated heterocycles. The predicted molar refractivity (Wildman–Crippen MR) is 52.9 cm³/mol. The third-order valence-corrected chi connectivity index (χ3v) is 2.49. The van der Waals surface area contributed by atoms with E-state index in [-0.39, 0.29) is 13.0 Å². The first-order valence-electron chi connectivity index (χ1n) is 4.90. The molecule has 1 aliphatic rings. The highest BCUT2D eigenvalue weighted by Gasteiger charge is 2.42. The second kappa shape index (κ2) is 5.80. The number of ether oxygens (including phenoxy) is 1. The molecular formula is C8H13N3O6. The number of carboxylic acid groups (broad SMARTS) is 1. The Morgan fingerprint density at radius 3 is 2.76 bits per heavy atom. The van der Waals surface area contributed by atoms with E-state index in [2.05, 4.69) is 10.0 Å². The molecule has 1 aliphatic heterocycles. The summed E-state index contributed by atoms with van der Waals surface area (Å²) in [5, 5.41) is 40.3. The molecular weight excluding hydrogens is 234 g/mol. The number of hydrogen-bond donors (Lipinski definition) is 4. The highest BCUT2D eigenvalue weighted by atomic mass is 16.5. The fourth-order valence-electron chi connectivity index (χ4n) is 1.60. The molecule has 0 spiro atoms. The van der Waals surface area contributed by atoms with Gasteiger partial charge in [0.1, 0.15) is 12.2 Å². The number of carboxylic acids is 1. The Balaban J connectivity index is 2.73. The topological polar surface area (TPSA) is 156 Å². The van der Waals surface area contributed by atoms with Crippen molar-refractivity contribution in [3.63, 3.8) is 0 Å². The predicted octanol–water partition coefficient (Wildman–Crippen LogP) is -1.38. The van der Waals surface area contributed by atoms with E-state index in [1.165, 1.54) is 0 Å². The Hall–Kier alpha value is -1.38. The van der Waals surface area contributed by atoms with Crippen molar-refractivity contribution in [3.8, 4) is 0 Å². The van der Waals surface area contributed by atoms with Crippen molar-refractivity contribution < 1.29 is 30.0 Å². The molecule has 1 unspecified atom stereocenters. The normalized spacial score (nSPS) is 34.8. The Bertz CT molecular complexity index is 331. The molecule has 0 aliphatic carbocycles. The van der Waals surface area contributed by atoms with E-state index in [4.69, 9.17) is 15.4 Å². The van der Waals surface area contributed by atoms with Gasteiger partial charge in [0, 0.05) is 11.3 Å². The van der Waals surface area contributed by atoms with E-state index in [1.807, 2.05) is 0 Å². The molecule has 0 amide bonds. The van der Waals surface area contributed by atoms with Crippen LogP contribution in [-0.2, 0) is 9.53 Å². The van der Waals surface area contributed by atoms with Crippen LogP contribution < -0.4 is 0 Å². The van der Waals surface area contributed by atoms with Crippen LogP contribution >= 0.6 is 0 Å². The van der Waals surface area contributed by atoms with E-state index in [1.54, 1.807) is 0 Å². The van der Waals surface area contributed by atoms with Crippen LogP contribution in [0.4, 0.5) is 0 Å². The minimum atomic E-state index is -1.42. The van der Waals surface area contributed by atoms with Crippen molar-refractivity contribution in [1.29, 1.82) is 0 Å². The number of carbonyl (C=O) groups is 1. The number of nitrogens with zero attached hydrogens (tertiary/aromatic N) is 3. The molecule has 5 atom stereocenters. The largest absolute Gasteiger partial charge is 0.479 e. The Labute approximate surface area is 95.9 Å². The molecule has 0 saturated carbocycles. The van der Waals surface area contributed by atoms with Gasteiger partial charge in [-0.25, -0.2) is 4.79 Å². The summed E-state index contributed by atoms with van der Waals surface area (Å²) in [6, 6.07) is 0.